The zero-order valence-corrected chi connectivity index (χ0v) is 18.0. The lowest BCUT2D eigenvalue weighted by molar-refractivity contribution is -0.263. The molecule has 12 heteroatoms. The van der Waals surface area contributed by atoms with E-state index in [2.05, 4.69) is 20.3 Å². The van der Waals surface area contributed by atoms with Crippen molar-refractivity contribution in [3.63, 3.8) is 0 Å². The van der Waals surface area contributed by atoms with Gasteiger partial charge in [-0.1, -0.05) is 35.0 Å². The number of nitrogens with zero attached hydrogens (tertiary/aromatic N) is 2. The summed E-state index contributed by atoms with van der Waals surface area (Å²) in [6, 6.07) is 9.61. The monoisotopic (exact) mass is 499 g/mol. The highest BCUT2D eigenvalue weighted by Crippen LogP contribution is 2.38. The van der Waals surface area contributed by atoms with Crippen LogP contribution in [-0.2, 0) is 11.0 Å². The Labute approximate surface area is 194 Å². The molecule has 6 nitrogen and oxygen atoms in total. The number of aromatic nitrogens is 1. The molecule has 0 aliphatic carbocycles. The van der Waals surface area contributed by atoms with E-state index in [-0.39, 0.29) is 33.6 Å². The lowest BCUT2D eigenvalue weighted by atomic mass is 10.0. The zero-order valence-electron chi connectivity index (χ0n) is 17.2. The van der Waals surface area contributed by atoms with Crippen LogP contribution in [-0.4, -0.2) is 24.0 Å². The van der Waals surface area contributed by atoms with Gasteiger partial charge < -0.3 is 19.6 Å². The molecule has 0 amide bonds. The van der Waals surface area contributed by atoms with E-state index in [1.165, 1.54) is 49.6 Å². The van der Waals surface area contributed by atoms with Gasteiger partial charge in [-0.15, -0.1) is 0 Å². The lowest BCUT2D eigenvalue weighted by Gasteiger charge is -2.31. The maximum atomic E-state index is 14.5. The third-order valence-corrected chi connectivity index (χ3v) is 5.01. The number of ether oxygens (including phenoxy) is 2. The van der Waals surface area contributed by atoms with Crippen LogP contribution >= 0.6 is 11.6 Å². The minimum atomic E-state index is -4.58. The molecule has 0 unspecified atom stereocenters. The van der Waals surface area contributed by atoms with Gasteiger partial charge in [-0.3, -0.25) is 0 Å². The Morgan fingerprint density at radius 3 is 2.47 bits per heavy atom. The van der Waals surface area contributed by atoms with Gasteiger partial charge >= 0.3 is 12.3 Å². The zero-order chi connectivity index (χ0) is 24.5. The average molecular weight is 500 g/mol. The van der Waals surface area contributed by atoms with Crippen molar-refractivity contribution in [2.45, 2.75) is 18.3 Å². The number of nitrogens with one attached hydrogen (secondary N) is 1. The van der Waals surface area contributed by atoms with Crippen LogP contribution in [0.5, 0.6) is 17.2 Å². The van der Waals surface area contributed by atoms with Crippen LogP contribution in [0, 0.1) is 0 Å². The molecule has 1 atom stereocenters. The number of methoxy groups -OCH3 is 1. The van der Waals surface area contributed by atoms with Crippen molar-refractivity contribution in [1.29, 1.82) is 0 Å². The first-order valence-electron chi connectivity index (χ1n) is 9.62. The van der Waals surface area contributed by atoms with Gasteiger partial charge in [0.1, 0.15) is 16.7 Å². The predicted molar refractivity (Wildman–Crippen MR) is 112 cm³/mol. The number of hydrogen-bond donors (Lipinski definition) is 1. The maximum Gasteiger partial charge on any atom is 0.442 e. The van der Waals surface area contributed by atoms with E-state index in [9.17, 15) is 22.0 Å². The summed E-state index contributed by atoms with van der Waals surface area (Å²) in [5.41, 5.74) is -0.714. The van der Waals surface area contributed by atoms with Crippen LogP contribution in [0.1, 0.15) is 22.7 Å². The standard InChI is InChI=1S/C22H15ClF5N3O3/c1-32-14-7-5-12(6-8-14)19-22(27,28)34-31-20(30-19)16-10-18(23)29-11-17(16)33-15-4-2-3-13(9-15)21(24,25)26/h2-11,19H,1H3,(H,30,31)/t19-/m1/s1. The minimum Gasteiger partial charge on any atom is -0.497 e. The van der Waals surface area contributed by atoms with Gasteiger partial charge in [0.25, 0.3) is 0 Å². The van der Waals surface area contributed by atoms with Gasteiger partial charge in [0.2, 0.25) is 0 Å². The second-order valence-corrected chi connectivity index (χ2v) is 7.46. The molecule has 3 aromatic rings. The summed E-state index contributed by atoms with van der Waals surface area (Å²) in [5.74, 6) is 0.0419. The predicted octanol–water partition coefficient (Wildman–Crippen LogP) is 6.17. The van der Waals surface area contributed by atoms with E-state index in [4.69, 9.17) is 21.1 Å². The second kappa shape index (κ2) is 8.98. The van der Waals surface area contributed by atoms with E-state index in [1.54, 1.807) is 0 Å². The summed E-state index contributed by atoms with van der Waals surface area (Å²) in [6.07, 6.45) is -7.16. The molecular formula is C22H15ClF5N3O3. The molecule has 0 bridgehead atoms. The highest BCUT2D eigenvalue weighted by molar-refractivity contribution is 6.29. The average Bonchev–Trinajstić information content (AvgIpc) is 2.80. The van der Waals surface area contributed by atoms with Gasteiger partial charge in [-0.2, -0.15) is 22.0 Å². The molecule has 0 saturated heterocycles. The molecule has 1 aromatic heterocycles. The quantitative estimate of drug-likeness (QED) is 0.336. The Kier molecular flexibility index (Phi) is 6.22. The van der Waals surface area contributed by atoms with Gasteiger partial charge in [-0.25, -0.2) is 4.98 Å². The third-order valence-electron chi connectivity index (χ3n) is 4.80. The Morgan fingerprint density at radius 1 is 1.06 bits per heavy atom. The number of rotatable bonds is 5. The molecule has 2 aromatic carbocycles. The summed E-state index contributed by atoms with van der Waals surface area (Å²) in [4.78, 5) is 8.32. The van der Waals surface area contributed by atoms with Crippen LogP contribution in [0.3, 0.4) is 0 Å². The molecule has 0 spiro atoms. The molecule has 4 rings (SSSR count). The highest BCUT2D eigenvalue weighted by Gasteiger charge is 2.48. The fraction of sp³-hybridized carbons (Fsp3) is 0.182. The van der Waals surface area contributed by atoms with E-state index in [1.807, 2.05) is 0 Å². The summed E-state index contributed by atoms with van der Waals surface area (Å²) < 4.78 is 78.8. The first kappa shape index (κ1) is 23.6. The first-order chi connectivity index (χ1) is 16.1. The van der Waals surface area contributed by atoms with Crippen molar-refractivity contribution < 1.29 is 36.3 Å². The van der Waals surface area contributed by atoms with Gasteiger partial charge in [0.15, 0.2) is 17.6 Å². The number of hydrogen-bond acceptors (Lipinski definition) is 6. The molecule has 34 heavy (non-hydrogen) atoms. The Bertz CT molecular complexity index is 1220. The van der Waals surface area contributed by atoms with Gasteiger partial charge in [0, 0.05) is 0 Å². The number of halogens is 6. The molecule has 0 saturated carbocycles. The summed E-state index contributed by atoms with van der Waals surface area (Å²) in [7, 11) is 1.44. The number of benzene rings is 2. The number of amidine groups is 1. The van der Waals surface area contributed by atoms with Crippen LogP contribution in [0.15, 0.2) is 65.9 Å². The highest BCUT2D eigenvalue weighted by atomic mass is 35.5. The molecule has 1 aliphatic heterocycles. The van der Waals surface area contributed by atoms with Crippen LogP contribution in [0.4, 0.5) is 22.0 Å². The largest absolute Gasteiger partial charge is 0.497 e. The smallest absolute Gasteiger partial charge is 0.442 e. The van der Waals surface area contributed by atoms with Crippen molar-refractivity contribution in [2.75, 3.05) is 7.11 Å². The van der Waals surface area contributed by atoms with Crippen LogP contribution in [0.2, 0.25) is 5.15 Å². The molecule has 1 N–H and O–H groups in total. The normalized spacial score (nSPS) is 17.3. The molecule has 178 valence electrons. The van der Waals surface area contributed by atoms with E-state index >= 15 is 0 Å². The summed E-state index contributed by atoms with van der Waals surface area (Å²) in [5, 5.41) is 6.00. The maximum absolute atomic E-state index is 14.5. The summed E-state index contributed by atoms with van der Waals surface area (Å²) >= 11 is 5.97. The van der Waals surface area contributed by atoms with E-state index in [0.29, 0.717) is 5.75 Å². The van der Waals surface area contributed by atoms with Crippen molar-refractivity contribution in [1.82, 2.24) is 10.3 Å². The minimum absolute atomic E-state index is 0.0331. The van der Waals surface area contributed by atoms with Crippen LogP contribution in [0.25, 0.3) is 0 Å². The SMILES string of the molecule is COc1ccc([C@H]2NC(c3cc(Cl)ncc3Oc3cccc(C(F)(F)F)c3)=NOC2(F)F)cc1. The van der Waals surface area contributed by atoms with Crippen molar-refractivity contribution in [3.8, 4) is 17.2 Å². The van der Waals surface area contributed by atoms with Crippen molar-refractivity contribution in [3.05, 3.63) is 82.6 Å². The number of oxime groups is 1. The fourth-order valence-electron chi connectivity index (χ4n) is 3.15. The Balaban J connectivity index is 1.68. The van der Waals surface area contributed by atoms with E-state index in [0.717, 1.165) is 18.3 Å². The third kappa shape index (κ3) is 4.98. The Hall–Kier alpha value is -3.60. The van der Waals surface area contributed by atoms with Crippen LogP contribution < -0.4 is 14.8 Å². The fourth-order valence-corrected chi connectivity index (χ4v) is 3.31. The second-order valence-electron chi connectivity index (χ2n) is 7.07. The van der Waals surface area contributed by atoms with Crippen molar-refractivity contribution >= 4 is 17.4 Å². The number of alkyl halides is 5. The first-order valence-corrected chi connectivity index (χ1v) is 10.00. The number of pyridine rings is 1. The lowest BCUT2D eigenvalue weighted by Crippen LogP contribution is -2.46. The van der Waals surface area contributed by atoms with E-state index < -0.39 is 23.9 Å². The van der Waals surface area contributed by atoms with Crippen molar-refractivity contribution in [2.24, 2.45) is 5.16 Å². The molecule has 0 fully saturated rings. The molecular weight excluding hydrogens is 485 g/mol. The summed E-state index contributed by atoms with van der Waals surface area (Å²) in [6.45, 7) is 0. The van der Waals surface area contributed by atoms with Gasteiger partial charge in [-0.05, 0) is 42.0 Å². The molecule has 2 heterocycles. The Morgan fingerprint density at radius 2 is 1.79 bits per heavy atom. The topological polar surface area (TPSA) is 65.0 Å². The molecule has 1 aliphatic rings. The van der Waals surface area contributed by atoms with Gasteiger partial charge in [0.05, 0.1) is 24.4 Å². The molecule has 0 radical (unpaired) electrons.